The van der Waals surface area contributed by atoms with Crippen LogP contribution in [0.2, 0.25) is 0 Å². The van der Waals surface area contributed by atoms with Crippen LogP contribution in [0.5, 0.6) is 0 Å². The zero-order chi connectivity index (χ0) is 6.57. The molecule has 0 N–H and O–H groups in total. The minimum Gasteiger partial charge on any atom is -0.300 e. The van der Waals surface area contributed by atoms with Gasteiger partial charge in [-0.3, -0.25) is 4.79 Å². The molecule has 0 amide bonds. The van der Waals surface area contributed by atoms with Crippen LogP contribution in [0.15, 0.2) is 0 Å². The topological polar surface area (TPSA) is 34.1 Å². The van der Waals surface area contributed by atoms with Crippen LogP contribution in [0, 0.1) is 0 Å². The van der Waals surface area contributed by atoms with E-state index in [0.29, 0.717) is 12.6 Å². The van der Waals surface area contributed by atoms with E-state index in [0.717, 1.165) is 0 Å². The summed E-state index contributed by atoms with van der Waals surface area (Å²) in [6.07, 6.45) is 1.01. The van der Waals surface area contributed by atoms with Gasteiger partial charge in [0.25, 0.3) is 0 Å². The van der Waals surface area contributed by atoms with Crippen LogP contribution in [0.1, 0.15) is 13.3 Å². The van der Waals surface area contributed by atoms with Gasteiger partial charge in [0.05, 0.1) is 0 Å². The lowest BCUT2D eigenvalue weighted by Gasteiger charge is -1.78. The van der Waals surface area contributed by atoms with Gasteiger partial charge in [-0.15, -0.1) is 0 Å². The predicted octanol–water partition coefficient (Wildman–Crippen LogP) is 1.42. The van der Waals surface area contributed by atoms with Crippen molar-refractivity contribution in [3.63, 3.8) is 0 Å². The van der Waals surface area contributed by atoms with Gasteiger partial charge in [-0.2, -0.15) is 0 Å². The van der Waals surface area contributed by atoms with Crippen LogP contribution < -0.4 is 0 Å². The summed E-state index contributed by atoms with van der Waals surface area (Å²) in [5.74, 6) is 0.121. The fraction of sp³-hybridized carbons (Fsp3) is 0.800. The van der Waals surface area contributed by atoms with E-state index in [2.05, 4.69) is 0 Å². The maximum absolute atomic E-state index is 10.3. The highest BCUT2D eigenvalue weighted by Crippen LogP contribution is 2.13. The Morgan fingerprint density at radius 3 is 2.25 bits per heavy atom. The lowest BCUT2D eigenvalue weighted by atomic mass is 10.4. The number of carbonyl (C=O) groups is 1. The summed E-state index contributed by atoms with van der Waals surface area (Å²) in [6.45, 7) is 3.15. The molecule has 0 aromatic rings. The van der Waals surface area contributed by atoms with Gasteiger partial charge in [-0.1, -0.05) is 4.57 Å². The maximum atomic E-state index is 10.3. The fourth-order valence-electron chi connectivity index (χ4n) is 0.315. The fourth-order valence-corrected chi connectivity index (χ4v) is 0.945. The Morgan fingerprint density at radius 1 is 1.62 bits per heavy atom. The molecule has 0 bridgehead atoms. The van der Waals surface area contributed by atoms with Crippen LogP contribution in [0.4, 0.5) is 0 Å². The molecule has 0 aliphatic carbocycles. The van der Waals surface area contributed by atoms with Crippen molar-refractivity contribution in [1.82, 2.24) is 0 Å². The molecule has 1 unspecified atom stereocenters. The van der Waals surface area contributed by atoms with E-state index in [1.54, 1.807) is 6.66 Å². The van der Waals surface area contributed by atoms with Gasteiger partial charge in [-0.25, -0.2) is 0 Å². The molecular formula is C5H10O2P+. The monoisotopic (exact) mass is 133 g/mol. The van der Waals surface area contributed by atoms with E-state index in [1.807, 2.05) is 0 Å². The number of rotatable bonds is 3. The normalized spacial score (nSPS) is 11.0. The Kier molecular flexibility index (Phi) is 3.63. The highest BCUT2D eigenvalue weighted by atomic mass is 31.1. The van der Waals surface area contributed by atoms with Crippen molar-refractivity contribution in [2.45, 2.75) is 13.3 Å². The Labute approximate surface area is 50.1 Å². The molecule has 2 nitrogen and oxygen atoms in total. The quantitative estimate of drug-likeness (QED) is 0.545. The van der Waals surface area contributed by atoms with E-state index >= 15 is 0 Å². The van der Waals surface area contributed by atoms with Crippen molar-refractivity contribution in [1.29, 1.82) is 0 Å². The SMILES string of the molecule is CC(=O)CC[P+](C)=O. The van der Waals surface area contributed by atoms with Crippen LogP contribution in [-0.2, 0) is 9.36 Å². The van der Waals surface area contributed by atoms with Gasteiger partial charge in [0.1, 0.15) is 12.4 Å². The highest BCUT2D eigenvalue weighted by molar-refractivity contribution is 7.43. The van der Waals surface area contributed by atoms with Crippen molar-refractivity contribution in [3.05, 3.63) is 0 Å². The van der Waals surface area contributed by atoms with Crippen LogP contribution in [0.25, 0.3) is 0 Å². The number of Topliss-reactive ketones (excluding diaryl/α,β-unsaturated/α-hetero) is 1. The third-order valence-electron chi connectivity index (χ3n) is 0.779. The van der Waals surface area contributed by atoms with E-state index in [1.165, 1.54) is 6.92 Å². The van der Waals surface area contributed by atoms with Gasteiger partial charge >= 0.3 is 7.80 Å². The molecule has 1 atom stereocenters. The van der Waals surface area contributed by atoms with Gasteiger partial charge in [0, 0.05) is 6.42 Å². The molecule has 0 heterocycles. The second-order valence-electron chi connectivity index (χ2n) is 1.80. The standard InChI is InChI=1S/C5H10O2P/c1-5(6)3-4-8(2)7/h3-4H2,1-2H3/q+1. The van der Waals surface area contributed by atoms with Gasteiger partial charge < -0.3 is 0 Å². The summed E-state index contributed by atoms with van der Waals surface area (Å²) in [7, 11) is -1.10. The lowest BCUT2D eigenvalue weighted by Crippen LogP contribution is -1.90. The van der Waals surface area contributed by atoms with E-state index in [-0.39, 0.29) is 5.78 Å². The smallest absolute Gasteiger partial charge is 0.300 e. The Bertz CT molecular complexity index is 95.0. The Hall–Kier alpha value is -0.230. The number of ketones is 1. The van der Waals surface area contributed by atoms with Crippen molar-refractivity contribution in [3.8, 4) is 0 Å². The molecule has 0 aromatic heterocycles. The first-order valence-electron chi connectivity index (χ1n) is 2.50. The van der Waals surface area contributed by atoms with Gasteiger partial charge in [0.15, 0.2) is 6.16 Å². The molecule has 0 saturated heterocycles. The van der Waals surface area contributed by atoms with Crippen LogP contribution in [-0.4, -0.2) is 18.6 Å². The maximum Gasteiger partial charge on any atom is 0.335 e. The van der Waals surface area contributed by atoms with Crippen LogP contribution in [0.3, 0.4) is 0 Å². The van der Waals surface area contributed by atoms with E-state index in [4.69, 9.17) is 0 Å². The second kappa shape index (κ2) is 3.73. The molecule has 0 fully saturated rings. The summed E-state index contributed by atoms with van der Waals surface area (Å²) >= 11 is 0. The minimum atomic E-state index is -1.10. The average Bonchev–Trinajstić information content (AvgIpc) is 1.61. The predicted molar refractivity (Wildman–Crippen MR) is 33.7 cm³/mol. The number of hydrogen-bond donors (Lipinski definition) is 0. The van der Waals surface area contributed by atoms with E-state index < -0.39 is 7.80 Å². The molecule has 8 heavy (non-hydrogen) atoms. The van der Waals surface area contributed by atoms with E-state index in [9.17, 15) is 9.36 Å². The highest BCUT2D eigenvalue weighted by Gasteiger charge is 2.05. The molecule has 46 valence electrons. The first kappa shape index (κ1) is 7.77. The zero-order valence-electron chi connectivity index (χ0n) is 5.18. The number of hydrogen-bond acceptors (Lipinski definition) is 2. The molecule has 0 aliphatic heterocycles. The molecular weight excluding hydrogens is 123 g/mol. The Balaban J connectivity index is 3.18. The summed E-state index contributed by atoms with van der Waals surface area (Å²) in [6, 6.07) is 0. The Morgan fingerprint density at radius 2 is 2.12 bits per heavy atom. The third-order valence-corrected chi connectivity index (χ3v) is 1.63. The van der Waals surface area contributed by atoms with Crippen LogP contribution >= 0.6 is 7.80 Å². The minimum absolute atomic E-state index is 0.121. The van der Waals surface area contributed by atoms with Gasteiger partial charge in [-0.05, 0) is 6.92 Å². The summed E-state index contributed by atoms with van der Waals surface area (Å²) in [5, 5.41) is 0. The molecule has 3 heteroatoms. The zero-order valence-corrected chi connectivity index (χ0v) is 6.07. The van der Waals surface area contributed by atoms with Gasteiger partial charge in [0.2, 0.25) is 0 Å². The molecule has 0 spiro atoms. The van der Waals surface area contributed by atoms with Crippen molar-refractivity contribution < 1.29 is 9.36 Å². The van der Waals surface area contributed by atoms with Crippen molar-refractivity contribution in [2.24, 2.45) is 0 Å². The summed E-state index contributed by atoms with van der Waals surface area (Å²) in [4.78, 5) is 10.2. The molecule has 0 rings (SSSR count). The largest absolute Gasteiger partial charge is 0.335 e. The lowest BCUT2D eigenvalue weighted by molar-refractivity contribution is -0.116. The second-order valence-corrected chi connectivity index (χ2v) is 3.51. The third kappa shape index (κ3) is 5.77. The molecule has 0 saturated carbocycles. The molecule has 0 radical (unpaired) electrons. The first-order chi connectivity index (χ1) is 3.63. The first-order valence-corrected chi connectivity index (χ1v) is 4.40. The van der Waals surface area contributed by atoms with Crippen molar-refractivity contribution in [2.75, 3.05) is 12.8 Å². The molecule has 0 aromatic carbocycles. The average molecular weight is 133 g/mol. The molecule has 0 aliphatic rings. The van der Waals surface area contributed by atoms with Crippen molar-refractivity contribution >= 4 is 13.6 Å². The summed E-state index contributed by atoms with van der Waals surface area (Å²) in [5.41, 5.74) is 0. The number of carbonyl (C=O) groups excluding carboxylic acids is 1. The summed E-state index contributed by atoms with van der Waals surface area (Å²) < 4.78 is 10.3.